The number of hydrogen-bond donors (Lipinski definition) is 0. The Bertz CT molecular complexity index is 693. The Morgan fingerprint density at radius 1 is 0.455 bits per heavy atom. The molecule has 0 atom stereocenters. The van der Waals surface area contributed by atoms with E-state index in [0.717, 1.165) is 0 Å². The second kappa shape index (κ2) is 4.63. The fraction of sp³-hybridized carbons (Fsp3) is 0.250. The lowest BCUT2D eigenvalue weighted by molar-refractivity contribution is 0.297. The molecular weight excluding hydrogens is 300 g/mol. The molecule has 0 saturated heterocycles. The van der Waals surface area contributed by atoms with E-state index < -0.39 is 46.3 Å². The molecule has 0 amide bonds. The van der Waals surface area contributed by atoms with Gasteiger partial charge in [0.25, 0.3) is 0 Å². The lowest BCUT2D eigenvalue weighted by Gasteiger charge is -2.25. The van der Waals surface area contributed by atoms with Crippen molar-refractivity contribution in [3.05, 3.63) is 45.5 Å². The zero-order chi connectivity index (χ0) is 16.3. The van der Waals surface area contributed by atoms with Gasteiger partial charge in [-0.25, -0.2) is 17.6 Å². The van der Waals surface area contributed by atoms with Crippen LogP contribution in [0.5, 0.6) is 23.0 Å². The smallest absolute Gasteiger partial charge is 0.209 e. The highest BCUT2D eigenvalue weighted by molar-refractivity contribution is 5.61. The van der Waals surface area contributed by atoms with Gasteiger partial charge in [-0.2, -0.15) is 0 Å². The standard InChI is InChI=1S/C16H12F4O2/c1-5-6(2)10(18)14-13(9(5)17)21-15-11(19)7(3)8(4)12(20)16(15)22-14/h1-4H3. The van der Waals surface area contributed by atoms with Crippen molar-refractivity contribution in [1.82, 2.24) is 0 Å². The van der Waals surface area contributed by atoms with E-state index in [-0.39, 0.29) is 22.3 Å². The fourth-order valence-electron chi connectivity index (χ4n) is 2.31. The van der Waals surface area contributed by atoms with E-state index in [1.54, 1.807) is 0 Å². The molecule has 0 spiro atoms. The molecule has 0 saturated carbocycles. The first kappa shape index (κ1) is 14.7. The first-order valence-electron chi connectivity index (χ1n) is 6.57. The van der Waals surface area contributed by atoms with E-state index in [1.807, 2.05) is 0 Å². The maximum atomic E-state index is 14.2. The molecule has 0 aromatic heterocycles. The van der Waals surface area contributed by atoms with Crippen LogP contribution >= 0.6 is 0 Å². The van der Waals surface area contributed by atoms with Crippen LogP contribution in [-0.2, 0) is 0 Å². The largest absolute Gasteiger partial charge is 0.443 e. The Kier molecular flexibility index (Phi) is 3.09. The van der Waals surface area contributed by atoms with Gasteiger partial charge >= 0.3 is 0 Å². The Morgan fingerprint density at radius 3 is 0.818 bits per heavy atom. The van der Waals surface area contributed by atoms with E-state index in [4.69, 9.17) is 9.47 Å². The molecule has 1 aliphatic heterocycles. The molecule has 0 fully saturated rings. The Balaban J connectivity index is 2.32. The van der Waals surface area contributed by atoms with Gasteiger partial charge in [0.1, 0.15) is 0 Å². The number of fused-ring (bicyclic) bond motifs is 2. The van der Waals surface area contributed by atoms with E-state index in [0.29, 0.717) is 0 Å². The second-order valence-corrected chi connectivity index (χ2v) is 5.28. The maximum absolute atomic E-state index is 14.2. The zero-order valence-electron chi connectivity index (χ0n) is 12.3. The molecule has 116 valence electrons. The average Bonchev–Trinajstić information content (AvgIpc) is 2.52. The minimum atomic E-state index is -0.863. The number of rotatable bonds is 0. The number of benzene rings is 2. The van der Waals surface area contributed by atoms with Crippen LogP contribution in [0.25, 0.3) is 0 Å². The molecule has 22 heavy (non-hydrogen) atoms. The molecule has 2 aromatic rings. The predicted octanol–water partition coefficient (Wildman–Crippen LogP) is 5.37. The number of hydrogen-bond acceptors (Lipinski definition) is 2. The topological polar surface area (TPSA) is 18.5 Å². The molecular formula is C16H12F4O2. The number of halogens is 4. The van der Waals surface area contributed by atoms with Crippen molar-refractivity contribution in [3.63, 3.8) is 0 Å². The van der Waals surface area contributed by atoms with Gasteiger partial charge in [0.2, 0.25) is 23.0 Å². The minimum absolute atomic E-state index is 0.0213. The van der Waals surface area contributed by atoms with Crippen molar-refractivity contribution in [3.8, 4) is 23.0 Å². The zero-order valence-corrected chi connectivity index (χ0v) is 12.3. The SMILES string of the molecule is Cc1c(C)c(F)c2c(c1F)Oc1c(F)c(C)c(C)c(F)c1O2. The van der Waals surface area contributed by atoms with Crippen LogP contribution < -0.4 is 9.47 Å². The maximum Gasteiger partial charge on any atom is 0.209 e. The van der Waals surface area contributed by atoms with E-state index >= 15 is 0 Å². The molecule has 6 heteroatoms. The highest BCUT2D eigenvalue weighted by Gasteiger charge is 2.34. The van der Waals surface area contributed by atoms with Crippen molar-refractivity contribution >= 4 is 0 Å². The quantitative estimate of drug-likeness (QED) is 0.519. The highest BCUT2D eigenvalue weighted by Crippen LogP contribution is 2.52. The summed E-state index contributed by atoms with van der Waals surface area (Å²) in [6.45, 7) is 5.46. The lowest BCUT2D eigenvalue weighted by Crippen LogP contribution is -2.11. The van der Waals surface area contributed by atoms with Crippen LogP contribution in [0.1, 0.15) is 22.3 Å². The summed E-state index contributed by atoms with van der Waals surface area (Å²) in [6.07, 6.45) is 0. The summed E-state index contributed by atoms with van der Waals surface area (Å²) in [4.78, 5) is 0. The third kappa shape index (κ3) is 1.73. The molecule has 1 aliphatic rings. The minimum Gasteiger partial charge on any atom is -0.443 e. The van der Waals surface area contributed by atoms with Crippen LogP contribution in [0, 0.1) is 51.0 Å². The first-order chi connectivity index (χ1) is 10.3. The molecule has 2 aromatic carbocycles. The van der Waals surface area contributed by atoms with Crippen LogP contribution in [0.4, 0.5) is 17.6 Å². The average molecular weight is 312 g/mol. The van der Waals surface area contributed by atoms with Crippen LogP contribution in [0.2, 0.25) is 0 Å². The molecule has 0 N–H and O–H groups in total. The Labute approximate surface area is 124 Å². The van der Waals surface area contributed by atoms with Crippen LogP contribution in [0.15, 0.2) is 0 Å². The van der Waals surface area contributed by atoms with Gasteiger partial charge in [0.05, 0.1) is 0 Å². The normalized spacial score (nSPS) is 12.4. The summed E-state index contributed by atoms with van der Waals surface area (Å²) in [5.74, 6) is -5.75. The monoisotopic (exact) mass is 312 g/mol. The molecule has 0 bridgehead atoms. The van der Waals surface area contributed by atoms with E-state index in [9.17, 15) is 17.6 Å². The summed E-state index contributed by atoms with van der Waals surface area (Å²) in [7, 11) is 0. The summed E-state index contributed by atoms with van der Waals surface area (Å²) in [5, 5.41) is 0. The van der Waals surface area contributed by atoms with Crippen molar-refractivity contribution in [2.24, 2.45) is 0 Å². The van der Waals surface area contributed by atoms with Crippen molar-refractivity contribution in [2.75, 3.05) is 0 Å². The van der Waals surface area contributed by atoms with Crippen molar-refractivity contribution < 1.29 is 27.0 Å². The fourth-order valence-corrected chi connectivity index (χ4v) is 2.31. The Hall–Kier alpha value is -2.24. The predicted molar refractivity (Wildman–Crippen MR) is 71.8 cm³/mol. The number of ether oxygens (including phenoxy) is 2. The van der Waals surface area contributed by atoms with Crippen molar-refractivity contribution in [1.29, 1.82) is 0 Å². The molecule has 3 rings (SSSR count). The third-order valence-corrected chi connectivity index (χ3v) is 4.06. The van der Waals surface area contributed by atoms with Gasteiger partial charge in [-0.1, -0.05) is 0 Å². The van der Waals surface area contributed by atoms with Gasteiger partial charge in [0.15, 0.2) is 23.3 Å². The van der Waals surface area contributed by atoms with Crippen LogP contribution in [-0.4, -0.2) is 0 Å². The van der Waals surface area contributed by atoms with Gasteiger partial charge in [-0.3, -0.25) is 0 Å². The summed E-state index contributed by atoms with van der Waals surface area (Å²) >= 11 is 0. The molecule has 0 aliphatic carbocycles. The van der Waals surface area contributed by atoms with Crippen LogP contribution in [0.3, 0.4) is 0 Å². The van der Waals surface area contributed by atoms with Crippen molar-refractivity contribution in [2.45, 2.75) is 27.7 Å². The third-order valence-electron chi connectivity index (χ3n) is 4.06. The molecule has 2 nitrogen and oxygen atoms in total. The Morgan fingerprint density at radius 2 is 0.636 bits per heavy atom. The van der Waals surface area contributed by atoms with Gasteiger partial charge in [-0.15, -0.1) is 0 Å². The highest BCUT2D eigenvalue weighted by atomic mass is 19.1. The molecule has 1 heterocycles. The molecule has 0 unspecified atom stereocenters. The second-order valence-electron chi connectivity index (χ2n) is 5.28. The first-order valence-corrected chi connectivity index (χ1v) is 6.57. The van der Waals surface area contributed by atoms with Gasteiger partial charge in [-0.05, 0) is 49.9 Å². The van der Waals surface area contributed by atoms with E-state index in [2.05, 4.69) is 0 Å². The summed E-state index contributed by atoms with van der Waals surface area (Å²) in [6, 6.07) is 0. The lowest BCUT2D eigenvalue weighted by atomic mass is 10.0. The molecule has 0 radical (unpaired) electrons. The van der Waals surface area contributed by atoms with E-state index in [1.165, 1.54) is 27.7 Å². The van der Waals surface area contributed by atoms with Gasteiger partial charge in [0, 0.05) is 0 Å². The summed E-state index contributed by atoms with van der Waals surface area (Å²) in [5.41, 5.74) is 0.0852. The van der Waals surface area contributed by atoms with Gasteiger partial charge < -0.3 is 9.47 Å². The summed E-state index contributed by atoms with van der Waals surface area (Å²) < 4.78 is 67.2.